The molecule has 0 rings (SSSR count). The lowest BCUT2D eigenvalue weighted by Gasteiger charge is -1.82. The summed E-state index contributed by atoms with van der Waals surface area (Å²) in [5.74, 6) is 0. The largest absolute Gasteiger partial charge is 0.631 e. The molecule has 9 heavy (non-hydrogen) atoms. The second-order valence-corrected chi connectivity index (χ2v) is 1.05. The Morgan fingerprint density at radius 1 is 1.11 bits per heavy atom. The smallest absolute Gasteiger partial charge is 0.402 e. The van der Waals surface area contributed by atoms with Gasteiger partial charge in [0, 0.05) is 0 Å². The Hall–Kier alpha value is -0.305. The summed E-state index contributed by atoms with van der Waals surface area (Å²) >= 11 is 0. The van der Waals surface area contributed by atoms with E-state index in [-0.39, 0.29) is 7.05 Å². The lowest BCUT2D eigenvalue weighted by Crippen LogP contribution is -2.07. The molecule has 0 aliphatic heterocycles. The molecule has 0 saturated carbocycles. The average Bonchev–Trinajstić information content (AvgIpc) is 1.19. The molecule has 56 valence electrons. The van der Waals surface area contributed by atoms with E-state index in [1.807, 2.05) is 0 Å². The number of hydrogen-bond donors (Lipinski definition) is 3. The molecule has 0 saturated heterocycles. The van der Waals surface area contributed by atoms with Crippen LogP contribution in [-0.4, -0.2) is 34.6 Å². The van der Waals surface area contributed by atoms with E-state index in [0.29, 0.717) is 0 Å². The van der Waals surface area contributed by atoms with Gasteiger partial charge in [-0.05, 0) is 0 Å². The van der Waals surface area contributed by atoms with Gasteiger partial charge in [-0.1, -0.05) is 0 Å². The van der Waals surface area contributed by atoms with Gasteiger partial charge in [-0.3, -0.25) is 0 Å². The SMILES string of the molecule is C[N+](F)(F)F.OB(O)O. The van der Waals surface area contributed by atoms with Crippen LogP contribution in [0.15, 0.2) is 0 Å². The van der Waals surface area contributed by atoms with Crippen LogP contribution in [0.25, 0.3) is 0 Å². The third-order valence-corrected chi connectivity index (χ3v) is 0. The summed E-state index contributed by atoms with van der Waals surface area (Å²) in [5, 5.41) is 18.0. The molecule has 0 fully saturated rings. The first-order valence-corrected chi connectivity index (χ1v) is 1.73. The van der Waals surface area contributed by atoms with Crippen LogP contribution in [0.4, 0.5) is 13.4 Å². The Morgan fingerprint density at radius 3 is 1.11 bits per heavy atom. The molecule has 0 aromatic heterocycles. The lowest BCUT2D eigenvalue weighted by atomic mass is 10.3. The summed E-state index contributed by atoms with van der Waals surface area (Å²) in [4.78, 5) is 0. The minimum absolute atomic E-state index is 0.125. The van der Waals surface area contributed by atoms with Gasteiger partial charge in [-0.25, -0.2) is 0 Å². The maximum atomic E-state index is 10.3. The molecule has 0 aromatic rings. The predicted molar refractivity (Wildman–Crippen MR) is 21.9 cm³/mol. The van der Waals surface area contributed by atoms with Crippen LogP contribution in [0, 0.1) is 0 Å². The molecule has 0 amide bonds. The van der Waals surface area contributed by atoms with Crippen LogP contribution in [0.1, 0.15) is 0 Å². The fraction of sp³-hybridized carbons (Fsp3) is 1.00. The summed E-state index contributed by atoms with van der Waals surface area (Å²) in [6.07, 6.45) is 0. The molecule has 0 bridgehead atoms. The molecule has 4 nitrogen and oxygen atoms in total. The summed E-state index contributed by atoms with van der Waals surface area (Å²) in [6.45, 7) is 0. The van der Waals surface area contributed by atoms with Gasteiger partial charge in [0.1, 0.15) is 0 Å². The van der Waals surface area contributed by atoms with Gasteiger partial charge >= 0.3 is 7.32 Å². The van der Waals surface area contributed by atoms with E-state index in [9.17, 15) is 13.4 Å². The van der Waals surface area contributed by atoms with Gasteiger partial charge in [0.25, 0.3) is 0 Å². The maximum Gasteiger partial charge on any atom is 0.631 e. The molecule has 0 aromatic carbocycles. The van der Waals surface area contributed by atoms with Crippen LogP contribution in [0.2, 0.25) is 0 Å². The Bertz CT molecular complexity index is 55.8. The lowest BCUT2D eigenvalue weighted by molar-refractivity contribution is -1.26. The molecular weight excluding hydrogens is 142 g/mol. The van der Waals surface area contributed by atoms with Crippen molar-refractivity contribution in [3.63, 3.8) is 0 Å². The predicted octanol–water partition coefficient (Wildman–Crippen LogP) is -0.965. The van der Waals surface area contributed by atoms with Crippen molar-refractivity contribution in [2.24, 2.45) is 0 Å². The van der Waals surface area contributed by atoms with Crippen molar-refractivity contribution >= 4 is 7.32 Å². The molecule has 0 heterocycles. The summed E-state index contributed by atoms with van der Waals surface area (Å²) < 4.78 is 30.9. The van der Waals surface area contributed by atoms with E-state index in [1.165, 1.54) is 0 Å². The summed E-state index contributed by atoms with van der Waals surface area (Å²) in [7, 11) is -2.04. The van der Waals surface area contributed by atoms with Gasteiger partial charge < -0.3 is 15.1 Å². The highest BCUT2D eigenvalue weighted by Crippen LogP contribution is 2.01. The third-order valence-electron chi connectivity index (χ3n) is 0. The summed E-state index contributed by atoms with van der Waals surface area (Å²) in [6, 6.07) is 0. The number of hydrogen-bond acceptors (Lipinski definition) is 3. The zero-order chi connectivity index (χ0) is 8.08. The zero-order valence-electron chi connectivity index (χ0n) is 4.50. The molecule has 0 radical (unpaired) electrons. The van der Waals surface area contributed by atoms with Crippen molar-refractivity contribution in [1.82, 2.24) is 0 Å². The maximum absolute atomic E-state index is 10.3. The Morgan fingerprint density at radius 2 is 1.11 bits per heavy atom. The molecule has 3 N–H and O–H groups in total. The second-order valence-electron chi connectivity index (χ2n) is 1.05. The third kappa shape index (κ3) is 2680. The number of nitrogens with zero attached hydrogens (tertiary/aromatic N) is 1. The van der Waals surface area contributed by atoms with Crippen molar-refractivity contribution < 1.29 is 33.7 Å². The number of halogens is 3. The zero-order valence-corrected chi connectivity index (χ0v) is 4.50. The normalized spacial score (nSPS) is 9.67. The minimum Gasteiger partial charge on any atom is -0.402 e. The first kappa shape index (κ1) is 11.5. The van der Waals surface area contributed by atoms with Crippen molar-refractivity contribution in [3.05, 3.63) is 0 Å². The van der Waals surface area contributed by atoms with Crippen molar-refractivity contribution in [3.8, 4) is 0 Å². The van der Waals surface area contributed by atoms with Crippen LogP contribution >= 0.6 is 0 Å². The first-order chi connectivity index (χ1) is 3.73. The van der Waals surface area contributed by atoms with Gasteiger partial charge in [0.05, 0.1) is 13.4 Å². The molecule has 0 atom stereocenters. The van der Waals surface area contributed by atoms with Crippen LogP contribution in [0.3, 0.4) is 0 Å². The van der Waals surface area contributed by atoms with E-state index >= 15 is 0 Å². The van der Waals surface area contributed by atoms with Crippen molar-refractivity contribution in [2.45, 2.75) is 0 Å². The van der Waals surface area contributed by atoms with Crippen LogP contribution < -0.4 is 0 Å². The van der Waals surface area contributed by atoms with Gasteiger partial charge in [0.15, 0.2) is 7.05 Å². The highest BCUT2D eigenvalue weighted by molar-refractivity contribution is 6.30. The van der Waals surface area contributed by atoms with E-state index < -0.39 is 12.5 Å². The highest BCUT2D eigenvalue weighted by Gasteiger charge is 2.18. The Labute approximate surface area is 49.3 Å². The van der Waals surface area contributed by atoms with Gasteiger partial charge in [0.2, 0.25) is 5.15 Å². The van der Waals surface area contributed by atoms with Crippen LogP contribution in [0.5, 0.6) is 0 Å². The van der Waals surface area contributed by atoms with Crippen LogP contribution in [-0.2, 0) is 0 Å². The molecule has 0 unspecified atom stereocenters. The van der Waals surface area contributed by atoms with Crippen molar-refractivity contribution in [1.29, 1.82) is 0 Å². The van der Waals surface area contributed by atoms with Gasteiger partial charge in [-0.15, -0.1) is 0 Å². The van der Waals surface area contributed by atoms with Crippen molar-refractivity contribution in [2.75, 3.05) is 7.05 Å². The molecular formula is CH6BF3NO3+. The second kappa shape index (κ2) is 4.56. The monoisotopic (exact) mass is 148 g/mol. The van der Waals surface area contributed by atoms with E-state index in [0.717, 1.165) is 0 Å². The quantitative estimate of drug-likeness (QED) is 0.306. The standard InChI is InChI=1S/CH3F3N.BH3O3/c1-5(2,3)4;2-1(3)4/h1H3;2-4H/q+1;. The van der Waals surface area contributed by atoms with E-state index in [1.54, 1.807) is 0 Å². The summed E-state index contributed by atoms with van der Waals surface area (Å²) in [5.41, 5.74) is 0. The number of rotatable bonds is 0. The molecule has 8 heteroatoms. The topological polar surface area (TPSA) is 60.7 Å². The molecule has 0 aliphatic rings. The molecule has 0 spiro atoms. The van der Waals surface area contributed by atoms with Gasteiger partial charge in [-0.2, -0.15) is 0 Å². The number of quaternary nitrogens is 1. The fourth-order valence-electron chi connectivity index (χ4n) is 0. The first-order valence-electron chi connectivity index (χ1n) is 1.73. The average molecular weight is 148 g/mol. The Kier molecular flexibility index (Phi) is 5.82. The van der Waals surface area contributed by atoms with E-state index in [2.05, 4.69) is 0 Å². The fourth-order valence-corrected chi connectivity index (χ4v) is 0. The minimum atomic E-state index is -3.50. The highest BCUT2D eigenvalue weighted by atomic mass is 19.6. The Balaban J connectivity index is 0. The van der Waals surface area contributed by atoms with E-state index in [4.69, 9.17) is 15.1 Å². The molecule has 0 aliphatic carbocycles.